The van der Waals surface area contributed by atoms with Crippen molar-refractivity contribution in [3.63, 3.8) is 0 Å². The molecule has 20 heavy (non-hydrogen) atoms. The first-order chi connectivity index (χ1) is 9.56. The number of benzene rings is 2. The molecule has 2 aromatic carbocycles. The first-order valence-electron chi connectivity index (χ1n) is 6.14. The van der Waals surface area contributed by atoms with Gasteiger partial charge in [0, 0.05) is 22.3 Å². The van der Waals surface area contributed by atoms with Gasteiger partial charge in [0.05, 0.1) is 0 Å². The standard InChI is InChI=1S/C15H14BrFN2O/c16-13-6-3-11(9-14(13)18)15(20)19-8-7-10-1-4-12(17)5-2-10/h1-6,9H,7-8,18H2,(H,19,20). The zero-order chi connectivity index (χ0) is 14.5. The number of rotatable bonds is 4. The number of carbonyl (C=O) groups excluding carboxylic acids is 1. The second kappa shape index (κ2) is 6.52. The van der Waals surface area contributed by atoms with Crippen LogP contribution in [-0.2, 0) is 6.42 Å². The van der Waals surface area contributed by atoms with E-state index in [1.165, 1.54) is 12.1 Å². The van der Waals surface area contributed by atoms with Crippen molar-refractivity contribution in [2.75, 3.05) is 12.3 Å². The number of hydrogen-bond acceptors (Lipinski definition) is 2. The molecule has 0 aliphatic heterocycles. The van der Waals surface area contributed by atoms with E-state index < -0.39 is 0 Å². The van der Waals surface area contributed by atoms with E-state index in [9.17, 15) is 9.18 Å². The Labute approximate surface area is 125 Å². The summed E-state index contributed by atoms with van der Waals surface area (Å²) in [7, 11) is 0. The number of halogens is 2. The second-order valence-corrected chi connectivity index (χ2v) is 5.22. The molecule has 0 heterocycles. The molecule has 0 aliphatic carbocycles. The molecule has 0 aliphatic rings. The smallest absolute Gasteiger partial charge is 0.251 e. The van der Waals surface area contributed by atoms with Crippen LogP contribution in [0.5, 0.6) is 0 Å². The van der Waals surface area contributed by atoms with Crippen LogP contribution in [0.1, 0.15) is 15.9 Å². The summed E-state index contributed by atoms with van der Waals surface area (Å²) >= 11 is 3.28. The molecule has 0 fully saturated rings. The summed E-state index contributed by atoms with van der Waals surface area (Å²) in [5, 5.41) is 2.81. The van der Waals surface area contributed by atoms with E-state index in [1.807, 2.05) is 0 Å². The molecule has 3 nitrogen and oxygen atoms in total. The monoisotopic (exact) mass is 336 g/mol. The molecule has 2 rings (SSSR count). The van der Waals surface area contributed by atoms with E-state index in [1.54, 1.807) is 30.3 Å². The largest absolute Gasteiger partial charge is 0.398 e. The van der Waals surface area contributed by atoms with E-state index >= 15 is 0 Å². The highest BCUT2D eigenvalue weighted by Gasteiger charge is 2.06. The van der Waals surface area contributed by atoms with Crippen LogP contribution in [0.15, 0.2) is 46.9 Å². The zero-order valence-corrected chi connectivity index (χ0v) is 12.3. The van der Waals surface area contributed by atoms with Gasteiger partial charge in [-0.1, -0.05) is 12.1 Å². The summed E-state index contributed by atoms with van der Waals surface area (Å²) in [4.78, 5) is 11.9. The minimum Gasteiger partial charge on any atom is -0.398 e. The highest BCUT2D eigenvalue weighted by Crippen LogP contribution is 2.20. The number of anilines is 1. The molecular formula is C15H14BrFN2O. The fourth-order valence-corrected chi connectivity index (χ4v) is 2.01. The minimum atomic E-state index is -0.261. The Morgan fingerprint density at radius 2 is 1.90 bits per heavy atom. The maximum Gasteiger partial charge on any atom is 0.251 e. The van der Waals surface area contributed by atoms with Crippen LogP contribution < -0.4 is 11.1 Å². The molecule has 0 saturated carbocycles. The fourth-order valence-electron chi connectivity index (χ4n) is 1.76. The fraction of sp³-hybridized carbons (Fsp3) is 0.133. The molecule has 0 spiro atoms. The van der Waals surface area contributed by atoms with E-state index in [2.05, 4.69) is 21.2 Å². The van der Waals surface area contributed by atoms with Gasteiger partial charge in [0.25, 0.3) is 5.91 Å². The van der Waals surface area contributed by atoms with Crippen molar-refractivity contribution in [2.24, 2.45) is 0 Å². The number of amides is 1. The summed E-state index contributed by atoms with van der Waals surface area (Å²) < 4.78 is 13.5. The normalized spacial score (nSPS) is 10.3. The average molecular weight is 337 g/mol. The Hall–Kier alpha value is -1.88. The number of nitrogen functional groups attached to an aromatic ring is 1. The topological polar surface area (TPSA) is 55.1 Å². The van der Waals surface area contributed by atoms with E-state index in [-0.39, 0.29) is 11.7 Å². The Kier molecular flexibility index (Phi) is 4.74. The van der Waals surface area contributed by atoms with Crippen molar-refractivity contribution in [3.8, 4) is 0 Å². The van der Waals surface area contributed by atoms with Gasteiger partial charge in [0.15, 0.2) is 0 Å². The summed E-state index contributed by atoms with van der Waals surface area (Å²) in [5.41, 5.74) is 7.75. The Morgan fingerprint density at radius 1 is 1.20 bits per heavy atom. The molecule has 0 aromatic heterocycles. The van der Waals surface area contributed by atoms with Gasteiger partial charge in [0.1, 0.15) is 5.82 Å². The molecule has 104 valence electrons. The number of hydrogen-bond donors (Lipinski definition) is 2. The number of carbonyl (C=O) groups is 1. The quantitative estimate of drug-likeness (QED) is 0.842. The van der Waals surface area contributed by atoms with Crippen LogP contribution in [0.3, 0.4) is 0 Å². The predicted molar refractivity (Wildman–Crippen MR) is 81.0 cm³/mol. The Morgan fingerprint density at radius 3 is 2.55 bits per heavy atom. The molecule has 0 atom stereocenters. The third-order valence-electron chi connectivity index (χ3n) is 2.87. The molecule has 0 unspecified atom stereocenters. The molecule has 0 radical (unpaired) electrons. The number of nitrogens with two attached hydrogens (primary N) is 1. The van der Waals surface area contributed by atoms with Crippen molar-refractivity contribution in [2.45, 2.75) is 6.42 Å². The maximum absolute atomic E-state index is 12.7. The van der Waals surface area contributed by atoms with E-state index in [0.29, 0.717) is 24.2 Å². The lowest BCUT2D eigenvalue weighted by Crippen LogP contribution is -2.25. The first kappa shape index (κ1) is 14.5. The van der Waals surface area contributed by atoms with Crippen LogP contribution >= 0.6 is 15.9 Å². The lowest BCUT2D eigenvalue weighted by Gasteiger charge is -2.07. The highest BCUT2D eigenvalue weighted by atomic mass is 79.9. The highest BCUT2D eigenvalue weighted by molar-refractivity contribution is 9.10. The third-order valence-corrected chi connectivity index (χ3v) is 3.59. The SMILES string of the molecule is Nc1cc(C(=O)NCCc2ccc(F)cc2)ccc1Br. The molecule has 0 bridgehead atoms. The minimum absolute atomic E-state index is 0.175. The molecule has 0 saturated heterocycles. The van der Waals surface area contributed by atoms with Crippen molar-refractivity contribution >= 4 is 27.5 Å². The van der Waals surface area contributed by atoms with Crippen molar-refractivity contribution in [3.05, 3.63) is 63.9 Å². The van der Waals surface area contributed by atoms with Gasteiger partial charge < -0.3 is 11.1 Å². The van der Waals surface area contributed by atoms with Crippen LogP contribution in [0.2, 0.25) is 0 Å². The van der Waals surface area contributed by atoms with Gasteiger partial charge in [-0.15, -0.1) is 0 Å². The molecule has 5 heteroatoms. The lowest BCUT2D eigenvalue weighted by atomic mass is 10.1. The van der Waals surface area contributed by atoms with E-state index in [0.717, 1.165) is 10.0 Å². The van der Waals surface area contributed by atoms with Crippen molar-refractivity contribution in [1.29, 1.82) is 0 Å². The Balaban J connectivity index is 1.88. The van der Waals surface area contributed by atoms with Crippen LogP contribution in [0.4, 0.5) is 10.1 Å². The molecular weight excluding hydrogens is 323 g/mol. The zero-order valence-electron chi connectivity index (χ0n) is 10.7. The Bertz CT molecular complexity index is 614. The van der Waals surface area contributed by atoms with Gasteiger partial charge in [-0.05, 0) is 58.2 Å². The number of nitrogens with one attached hydrogen (secondary N) is 1. The average Bonchev–Trinajstić information content (AvgIpc) is 2.44. The summed E-state index contributed by atoms with van der Waals surface area (Å²) in [6.45, 7) is 0.487. The molecule has 3 N–H and O–H groups in total. The van der Waals surface area contributed by atoms with Gasteiger partial charge in [0.2, 0.25) is 0 Å². The first-order valence-corrected chi connectivity index (χ1v) is 6.93. The summed E-state index contributed by atoms with van der Waals surface area (Å²) in [6, 6.07) is 11.3. The van der Waals surface area contributed by atoms with E-state index in [4.69, 9.17) is 5.73 Å². The van der Waals surface area contributed by atoms with Crippen LogP contribution in [0.25, 0.3) is 0 Å². The van der Waals surface area contributed by atoms with Crippen LogP contribution in [0, 0.1) is 5.82 Å². The second-order valence-electron chi connectivity index (χ2n) is 4.37. The van der Waals surface area contributed by atoms with Crippen molar-refractivity contribution in [1.82, 2.24) is 5.32 Å². The molecule has 2 aromatic rings. The maximum atomic E-state index is 12.7. The van der Waals surface area contributed by atoms with Gasteiger partial charge in [-0.3, -0.25) is 4.79 Å². The van der Waals surface area contributed by atoms with Gasteiger partial charge in [-0.25, -0.2) is 4.39 Å². The van der Waals surface area contributed by atoms with Gasteiger partial charge in [-0.2, -0.15) is 0 Å². The van der Waals surface area contributed by atoms with Gasteiger partial charge >= 0.3 is 0 Å². The summed E-state index contributed by atoms with van der Waals surface area (Å²) in [6.07, 6.45) is 0.651. The third kappa shape index (κ3) is 3.81. The van der Waals surface area contributed by atoms with Crippen LogP contribution in [-0.4, -0.2) is 12.5 Å². The van der Waals surface area contributed by atoms with Crippen molar-refractivity contribution < 1.29 is 9.18 Å². The summed E-state index contributed by atoms with van der Waals surface area (Å²) in [5.74, 6) is -0.436. The lowest BCUT2D eigenvalue weighted by molar-refractivity contribution is 0.0954. The molecule has 1 amide bonds. The predicted octanol–water partition coefficient (Wildman–Crippen LogP) is 3.14.